The van der Waals surface area contributed by atoms with Crippen molar-refractivity contribution in [1.29, 1.82) is 0 Å². The van der Waals surface area contributed by atoms with Crippen LogP contribution in [-0.2, 0) is 24.0 Å². The Morgan fingerprint density at radius 3 is 1.52 bits per heavy atom. The van der Waals surface area contributed by atoms with Crippen LogP contribution in [0.2, 0.25) is 0 Å². The number of carbonyl (C=O) groups excluding carboxylic acids is 1. The van der Waals surface area contributed by atoms with Gasteiger partial charge in [-0.3, -0.25) is 9.59 Å². The third-order valence-corrected chi connectivity index (χ3v) is 12.8. The minimum atomic E-state index is -1.62. The van der Waals surface area contributed by atoms with Crippen molar-refractivity contribution in [2.45, 2.75) is 55.9 Å². The molecule has 7 aromatic carbocycles. The number of fused-ring (bicyclic) bond motifs is 5. The molecular weight excluding hydrogens is 937 g/mol. The van der Waals surface area contributed by atoms with Crippen molar-refractivity contribution >= 4 is 27.5 Å². The molecule has 0 bridgehead atoms. The number of aliphatic hydroxyl groups excluding tert-OH is 2. The first-order chi connectivity index (χ1) is 33.7. The number of benzene rings is 5. The van der Waals surface area contributed by atoms with Gasteiger partial charge in [-0.25, -0.2) is 4.79 Å². The van der Waals surface area contributed by atoms with E-state index in [0.29, 0.717) is 6.07 Å². The molecule has 3 aliphatic rings. The van der Waals surface area contributed by atoms with Crippen molar-refractivity contribution < 1.29 is 95.2 Å². The summed E-state index contributed by atoms with van der Waals surface area (Å²) in [4.78, 5) is 42.0. The molecule has 21 heteroatoms. The molecule has 6 atom stereocenters. The molecule has 0 amide bonds. The van der Waals surface area contributed by atoms with Gasteiger partial charge in [0.1, 0.15) is 57.8 Å². The SMILES string of the molecule is O=C(OC1Cc2c(O)cc(O)cc2OC1c1cc(O)c(=O)c2c(O)c(O)c(C3Oc4cc(O)cc(O)c4CC3O)cc2c1)c1cc(O)c(=O)c2c(O)c(O)cc(C3Oc4cc(O)cc(O)c4CC3O)c2c1. The van der Waals surface area contributed by atoms with Crippen LogP contribution in [0.3, 0.4) is 0 Å². The molecule has 3 heterocycles. The van der Waals surface area contributed by atoms with Crippen molar-refractivity contribution in [2.24, 2.45) is 0 Å². The fourth-order valence-corrected chi connectivity index (χ4v) is 9.47. The molecule has 0 aromatic heterocycles. The van der Waals surface area contributed by atoms with E-state index in [1.54, 1.807) is 0 Å². The number of ether oxygens (including phenoxy) is 4. The number of phenols is 10. The number of phenolic OH excluding ortho intramolecular Hbond substituents is 10. The fourth-order valence-electron chi connectivity index (χ4n) is 9.47. The van der Waals surface area contributed by atoms with Gasteiger partial charge in [0.2, 0.25) is 10.9 Å². The number of hydrogen-bond acceptors (Lipinski definition) is 21. The van der Waals surface area contributed by atoms with Crippen LogP contribution >= 0.6 is 0 Å². The molecular formula is C50H38O21. The van der Waals surface area contributed by atoms with E-state index >= 15 is 0 Å². The summed E-state index contributed by atoms with van der Waals surface area (Å²) in [7, 11) is 0. The second kappa shape index (κ2) is 16.5. The van der Waals surface area contributed by atoms with Gasteiger partial charge in [-0.15, -0.1) is 0 Å². The summed E-state index contributed by atoms with van der Waals surface area (Å²) in [6, 6.07) is 12.2. The van der Waals surface area contributed by atoms with E-state index < -0.39 is 145 Å². The maximum atomic E-state index is 14.5. The summed E-state index contributed by atoms with van der Waals surface area (Å²) in [5.41, 5.74) is -3.62. The van der Waals surface area contributed by atoms with E-state index in [9.17, 15) is 85.9 Å². The average molecular weight is 975 g/mol. The van der Waals surface area contributed by atoms with Gasteiger partial charge in [-0.05, 0) is 47.2 Å². The van der Waals surface area contributed by atoms with E-state index in [4.69, 9.17) is 18.9 Å². The molecule has 3 aliphatic heterocycles. The second-order valence-electron chi connectivity index (χ2n) is 17.3. The Bertz CT molecular complexity index is 3590. The monoisotopic (exact) mass is 974 g/mol. The molecule has 0 fully saturated rings. The zero-order chi connectivity index (χ0) is 50.6. The lowest BCUT2D eigenvalue weighted by molar-refractivity contribution is -0.0187. The van der Waals surface area contributed by atoms with Gasteiger partial charge in [0.25, 0.3) is 0 Å². The van der Waals surface area contributed by atoms with Crippen LogP contribution in [0.25, 0.3) is 21.5 Å². The Kier molecular flexibility index (Phi) is 10.6. The summed E-state index contributed by atoms with van der Waals surface area (Å²) >= 11 is 0. The molecule has 14 N–H and O–H groups in total. The number of rotatable bonds is 5. The molecule has 0 aliphatic carbocycles. The summed E-state index contributed by atoms with van der Waals surface area (Å²) in [5.74, 6) is -10.4. The molecule has 10 rings (SSSR count). The van der Waals surface area contributed by atoms with Crippen molar-refractivity contribution in [3.05, 3.63) is 132 Å². The minimum absolute atomic E-state index is 0.0152. The molecule has 0 spiro atoms. The smallest absolute Gasteiger partial charge is 0.338 e. The minimum Gasteiger partial charge on any atom is -0.508 e. The van der Waals surface area contributed by atoms with Gasteiger partial charge in [-0.2, -0.15) is 0 Å². The number of aromatic hydroxyl groups is 12. The van der Waals surface area contributed by atoms with Gasteiger partial charge in [0, 0.05) is 89.0 Å². The summed E-state index contributed by atoms with van der Waals surface area (Å²) in [6.07, 6.45) is -10.2. The third kappa shape index (κ3) is 7.55. The van der Waals surface area contributed by atoms with Gasteiger partial charge >= 0.3 is 5.97 Å². The molecule has 364 valence electrons. The van der Waals surface area contributed by atoms with Crippen molar-refractivity contribution in [1.82, 2.24) is 0 Å². The molecule has 71 heavy (non-hydrogen) atoms. The zero-order valence-electron chi connectivity index (χ0n) is 36.1. The van der Waals surface area contributed by atoms with E-state index in [0.717, 1.165) is 60.7 Å². The van der Waals surface area contributed by atoms with Crippen LogP contribution in [0.1, 0.15) is 62.1 Å². The highest BCUT2D eigenvalue weighted by Crippen LogP contribution is 2.50. The first-order valence-corrected chi connectivity index (χ1v) is 21.4. The van der Waals surface area contributed by atoms with Crippen molar-refractivity contribution in [3.63, 3.8) is 0 Å². The third-order valence-electron chi connectivity index (χ3n) is 12.8. The van der Waals surface area contributed by atoms with Crippen molar-refractivity contribution in [3.8, 4) is 86.2 Å². The molecule has 21 nitrogen and oxygen atoms in total. The molecule has 0 saturated carbocycles. The lowest BCUT2D eigenvalue weighted by Crippen LogP contribution is -2.34. The highest BCUT2D eigenvalue weighted by Gasteiger charge is 2.40. The highest BCUT2D eigenvalue weighted by molar-refractivity contribution is 5.99. The number of hydrogen-bond donors (Lipinski definition) is 14. The first kappa shape index (κ1) is 45.6. The molecule has 6 unspecified atom stereocenters. The van der Waals surface area contributed by atoms with E-state index in [1.165, 1.54) is 6.07 Å². The van der Waals surface area contributed by atoms with Gasteiger partial charge in [-0.1, -0.05) is 0 Å². The van der Waals surface area contributed by atoms with Crippen LogP contribution in [0.5, 0.6) is 86.2 Å². The van der Waals surface area contributed by atoms with Gasteiger partial charge in [0.15, 0.2) is 52.8 Å². The Morgan fingerprint density at radius 2 is 0.958 bits per heavy atom. The topological polar surface area (TPSA) is 371 Å². The Hall–Kier alpha value is -9.21. The van der Waals surface area contributed by atoms with Crippen molar-refractivity contribution in [2.75, 3.05) is 0 Å². The lowest BCUT2D eigenvalue weighted by atomic mass is 9.91. The Morgan fingerprint density at radius 1 is 0.465 bits per heavy atom. The maximum absolute atomic E-state index is 14.5. The van der Waals surface area contributed by atoms with Gasteiger partial charge < -0.3 is 90.4 Å². The maximum Gasteiger partial charge on any atom is 0.338 e. The zero-order valence-corrected chi connectivity index (χ0v) is 36.1. The number of carbonyl (C=O) groups is 1. The van der Waals surface area contributed by atoms with Crippen LogP contribution in [0, 0.1) is 0 Å². The summed E-state index contributed by atoms with van der Waals surface area (Å²) in [5, 5.41) is 150. The average Bonchev–Trinajstić information content (AvgIpc) is 3.52. The fraction of sp³-hybridized carbons (Fsp3) is 0.180. The second-order valence-corrected chi connectivity index (χ2v) is 17.3. The van der Waals surface area contributed by atoms with Crippen LogP contribution < -0.4 is 25.1 Å². The van der Waals surface area contributed by atoms with Crippen LogP contribution in [-0.4, -0.2) is 95.8 Å². The summed E-state index contributed by atoms with van der Waals surface area (Å²) < 4.78 is 24.1. The quantitative estimate of drug-likeness (QED) is 0.0850. The van der Waals surface area contributed by atoms with Crippen LogP contribution in [0.15, 0.2) is 82.4 Å². The first-order valence-electron chi connectivity index (χ1n) is 21.4. The predicted octanol–water partition coefficient (Wildman–Crippen LogP) is 4.16. The Labute approximate surface area is 396 Å². The highest BCUT2D eigenvalue weighted by atomic mass is 16.6. The normalized spacial score (nSPS) is 20.1. The summed E-state index contributed by atoms with van der Waals surface area (Å²) in [6.45, 7) is 0. The van der Waals surface area contributed by atoms with Crippen LogP contribution in [0.4, 0.5) is 0 Å². The van der Waals surface area contributed by atoms with Gasteiger partial charge in [0.05, 0.1) is 28.5 Å². The van der Waals surface area contributed by atoms with E-state index in [-0.39, 0.29) is 74.2 Å². The Balaban J connectivity index is 1.10. The standard InChI is InChI=1S/C50H38O21/c51-19-6-28(54)24-13-34(60)48(69-36(24)9-19)23-12-33(59)45(65)41-22(23)3-18(5-32(58)44(41)64)50(67)71-39-15-26-30(56)8-21(53)11-38(26)68-47(39)17-1-16-2-27(42(62)46(66)40(16)43(63)31(57)4-17)49-35(61)14-25-29(55)7-20(52)10-37(25)70-49/h1-12,34-35,39,47-49,51-56,59-62,65-66H,13-15H2,(H,57,63)(H,58,64). The van der Waals surface area contributed by atoms with E-state index in [2.05, 4.69) is 0 Å². The number of aliphatic hydroxyl groups is 2. The van der Waals surface area contributed by atoms with E-state index in [1.807, 2.05) is 0 Å². The molecule has 7 aromatic rings. The molecule has 0 saturated heterocycles. The number of esters is 1. The largest absolute Gasteiger partial charge is 0.508 e. The molecule has 0 radical (unpaired) electrons. The lowest BCUT2D eigenvalue weighted by Gasteiger charge is -2.34. The predicted molar refractivity (Wildman–Crippen MR) is 242 cm³/mol.